The zero-order valence-electron chi connectivity index (χ0n) is 3.53. The molecule has 0 N–H and O–H groups in total. The van der Waals surface area contributed by atoms with Gasteiger partial charge in [-0.3, -0.25) is 7.32 Å². The minimum absolute atomic E-state index is 0. The zero-order valence-corrected chi connectivity index (χ0v) is 5.82. The summed E-state index contributed by atoms with van der Waals surface area (Å²) >= 11 is 0. The first-order chi connectivity index (χ1) is 1.73. The normalized spacial score (nSPS) is 3.86. The maximum atomic E-state index is 8.42. The van der Waals surface area contributed by atoms with E-state index in [-0.39, 0.29) is 53.0 Å². The molecule has 0 atom stereocenters. The third-order valence-corrected chi connectivity index (χ3v) is 0. The van der Waals surface area contributed by atoms with Crippen LogP contribution >= 0.6 is 0 Å². The Labute approximate surface area is 75.2 Å². The second kappa shape index (κ2) is 15.6. The van der Waals surface area contributed by atoms with Crippen LogP contribution in [0.25, 0.3) is 0 Å². The molecule has 0 aliphatic heterocycles. The summed E-state index contributed by atoms with van der Waals surface area (Å²) in [6.45, 7) is 0. The van der Waals surface area contributed by atoms with Crippen molar-refractivity contribution in [1.82, 2.24) is 0 Å². The van der Waals surface area contributed by atoms with Crippen molar-refractivity contribution in [3.63, 3.8) is 0 Å². The molecule has 37 valence electrons. The molecule has 7 heavy (non-hydrogen) atoms. The zero-order chi connectivity index (χ0) is 3.58. The number of hydrogen-bond donors (Lipinski definition) is 0. The van der Waals surface area contributed by atoms with Crippen LogP contribution in [0.3, 0.4) is 0 Å². The van der Waals surface area contributed by atoms with Crippen molar-refractivity contribution in [2.24, 2.45) is 0 Å². The third-order valence-electron chi connectivity index (χ3n) is 0. The predicted octanol–water partition coefficient (Wildman–Crippen LogP) is -6.95. The van der Waals surface area contributed by atoms with Gasteiger partial charge in [0, 0.05) is 17.1 Å². The van der Waals surface area contributed by atoms with Crippen molar-refractivity contribution in [1.29, 1.82) is 0 Å². The van der Waals surface area contributed by atoms with E-state index in [0.717, 1.165) is 0 Å². The topological polar surface area (TPSA) is 69.2 Å². The molecule has 7 heteroatoms. The van der Waals surface area contributed by atoms with Gasteiger partial charge in [0.1, 0.15) is 0 Å². The summed E-state index contributed by atoms with van der Waals surface area (Å²) in [5, 5.41) is 25.2. The molecule has 0 aromatic carbocycles. The van der Waals surface area contributed by atoms with Crippen LogP contribution in [0, 0.1) is 0 Å². The molecule has 0 spiro atoms. The van der Waals surface area contributed by atoms with Gasteiger partial charge >= 0.3 is 35.9 Å². The Morgan fingerprint density at radius 1 is 1.00 bits per heavy atom. The van der Waals surface area contributed by atoms with Gasteiger partial charge in [0.2, 0.25) is 0 Å². The van der Waals surface area contributed by atoms with Gasteiger partial charge in [-0.05, 0) is 0 Å². The van der Waals surface area contributed by atoms with Gasteiger partial charge < -0.3 is 15.1 Å². The molecule has 0 saturated carbocycles. The van der Waals surface area contributed by atoms with E-state index in [9.17, 15) is 0 Å². The fraction of sp³-hybridized carbons (Fsp3) is 0. The first-order valence-electron chi connectivity index (χ1n) is 0.707. The van der Waals surface area contributed by atoms with Gasteiger partial charge in [-0.25, -0.2) is 0 Å². The van der Waals surface area contributed by atoms with Gasteiger partial charge in [0.15, 0.2) is 0 Å². The largest absolute Gasteiger partial charge is 2.00 e. The Kier molecular flexibility index (Phi) is 52.5. The molecule has 0 fully saturated rings. The first kappa shape index (κ1) is 23.5. The fourth-order valence-corrected chi connectivity index (χ4v) is 0. The Bertz CT molecular complexity index is 19.7. The maximum Gasteiger partial charge on any atom is 2.00 e. The van der Waals surface area contributed by atoms with Crippen molar-refractivity contribution in [2.75, 3.05) is 0 Å². The minimum Gasteiger partial charge on any atom is -0.907 e. The summed E-state index contributed by atoms with van der Waals surface area (Å²) < 4.78 is 0. The summed E-state index contributed by atoms with van der Waals surface area (Å²) in [6, 6.07) is 0. The molecule has 0 aliphatic rings. The Morgan fingerprint density at radius 3 is 1.00 bits per heavy atom. The van der Waals surface area contributed by atoms with E-state index >= 15 is 0 Å². The van der Waals surface area contributed by atoms with Crippen LogP contribution in [-0.4, -0.2) is 7.32 Å². The SMILES string of the molecule is [Fe].[Li+].[Mn+2].[O-]B([O-])[O-]. The van der Waals surface area contributed by atoms with E-state index in [1.165, 1.54) is 0 Å². The molecule has 3 nitrogen and oxygen atoms in total. The standard InChI is InChI=1S/BO3.Fe.Li.Mn/c2-1(3)4;;;/q-3;;+1;+2. The third kappa shape index (κ3) is 94.4. The molecule has 0 aromatic heterocycles. The van der Waals surface area contributed by atoms with E-state index in [0.29, 0.717) is 0 Å². The quantitative estimate of drug-likeness (QED) is 0.345. The Hall–Kier alpha value is 1.58. The number of hydrogen-bond acceptors (Lipinski definition) is 3. The average Bonchev–Trinajstić information content (AvgIpc) is 0.811. The second-order valence-corrected chi connectivity index (χ2v) is 0.289. The van der Waals surface area contributed by atoms with Crippen molar-refractivity contribution in [3.05, 3.63) is 0 Å². The summed E-state index contributed by atoms with van der Waals surface area (Å²) in [6.07, 6.45) is 0. The van der Waals surface area contributed by atoms with Gasteiger partial charge in [0.25, 0.3) is 0 Å². The summed E-state index contributed by atoms with van der Waals surface area (Å²) in [5.74, 6) is 0. The van der Waals surface area contributed by atoms with Gasteiger partial charge in [-0.2, -0.15) is 0 Å². The molecule has 0 rings (SSSR count). The van der Waals surface area contributed by atoms with E-state index in [2.05, 4.69) is 0 Å². The van der Waals surface area contributed by atoms with Crippen molar-refractivity contribution >= 4 is 7.32 Å². The number of rotatable bonds is 0. The molecular weight excluding hydrogens is 177 g/mol. The van der Waals surface area contributed by atoms with E-state index in [1.807, 2.05) is 0 Å². The molecule has 1 radical (unpaired) electrons. The van der Waals surface area contributed by atoms with Crippen LogP contribution in [-0.2, 0) is 34.1 Å². The van der Waals surface area contributed by atoms with E-state index in [4.69, 9.17) is 15.1 Å². The summed E-state index contributed by atoms with van der Waals surface area (Å²) in [5.41, 5.74) is 0. The fourth-order valence-electron chi connectivity index (χ4n) is 0. The van der Waals surface area contributed by atoms with Crippen molar-refractivity contribution < 1.29 is 68.1 Å². The monoisotopic (exact) mass is 177 g/mol. The molecule has 0 aromatic rings. The van der Waals surface area contributed by atoms with Crippen LogP contribution in [0.1, 0.15) is 0 Å². The Morgan fingerprint density at radius 2 is 1.00 bits per heavy atom. The molecule has 0 bridgehead atoms. The van der Waals surface area contributed by atoms with E-state index < -0.39 is 7.32 Å². The maximum absolute atomic E-state index is 8.42. The minimum atomic E-state index is -2.92. The average molecular weight is 177 g/mol. The van der Waals surface area contributed by atoms with E-state index in [1.54, 1.807) is 0 Å². The van der Waals surface area contributed by atoms with Crippen LogP contribution in [0.2, 0.25) is 0 Å². The summed E-state index contributed by atoms with van der Waals surface area (Å²) in [4.78, 5) is 0. The Balaban J connectivity index is -0.0000000150. The molecular formula is BFeLiMnO3. The van der Waals surface area contributed by atoms with Crippen LogP contribution in [0.5, 0.6) is 0 Å². The first-order valence-corrected chi connectivity index (χ1v) is 0.707. The smallest absolute Gasteiger partial charge is 0.907 e. The van der Waals surface area contributed by atoms with Crippen LogP contribution in [0.15, 0.2) is 0 Å². The van der Waals surface area contributed by atoms with Gasteiger partial charge in [0.05, 0.1) is 0 Å². The molecule has 0 amide bonds. The predicted molar refractivity (Wildman–Crippen MR) is 5.75 cm³/mol. The molecule has 0 unspecified atom stereocenters. The van der Waals surface area contributed by atoms with Crippen LogP contribution in [0.4, 0.5) is 0 Å². The van der Waals surface area contributed by atoms with Gasteiger partial charge in [-0.15, -0.1) is 0 Å². The van der Waals surface area contributed by atoms with Gasteiger partial charge in [-0.1, -0.05) is 0 Å². The second-order valence-electron chi connectivity index (χ2n) is 0.289. The molecule has 0 aliphatic carbocycles. The van der Waals surface area contributed by atoms with Crippen molar-refractivity contribution in [2.45, 2.75) is 0 Å². The van der Waals surface area contributed by atoms with Crippen molar-refractivity contribution in [3.8, 4) is 0 Å². The molecule has 0 saturated heterocycles. The van der Waals surface area contributed by atoms with Crippen LogP contribution < -0.4 is 33.9 Å². The summed E-state index contributed by atoms with van der Waals surface area (Å²) in [7, 11) is -2.92. The molecule has 0 heterocycles.